The van der Waals surface area contributed by atoms with Gasteiger partial charge in [-0.2, -0.15) is 5.10 Å². The van der Waals surface area contributed by atoms with Gasteiger partial charge in [0.15, 0.2) is 6.61 Å². The molecule has 1 amide bonds. The van der Waals surface area contributed by atoms with E-state index in [9.17, 15) is 14.4 Å². The number of unbranched alkanes of at least 4 members (excludes halogenated alkanes) is 3. The number of esters is 1. The Labute approximate surface area is 168 Å². The maximum absolute atomic E-state index is 12.2. The highest BCUT2D eigenvalue weighted by molar-refractivity contribution is 6.30. The molecule has 0 unspecified atom stereocenters. The number of hydrogen-bond donors (Lipinski definition) is 1. The third-order valence-electron chi connectivity index (χ3n) is 4.06. The molecule has 0 saturated heterocycles. The standard InChI is InChI=1S/C20H24ClN3O4/c1-3-4-5-6-11-22-18(26)13-28-20(27)19-17(25)12-14(2)24(23-19)16-9-7-15(21)8-10-16/h7-10,12H,3-6,11,13H2,1-2H3,(H,22,26). The van der Waals surface area contributed by atoms with E-state index in [0.717, 1.165) is 25.7 Å². The highest BCUT2D eigenvalue weighted by atomic mass is 35.5. The van der Waals surface area contributed by atoms with Crippen LogP contribution < -0.4 is 10.7 Å². The third kappa shape index (κ3) is 6.20. The van der Waals surface area contributed by atoms with Crippen LogP contribution in [0.4, 0.5) is 0 Å². The molecule has 28 heavy (non-hydrogen) atoms. The van der Waals surface area contributed by atoms with Gasteiger partial charge in [0, 0.05) is 23.3 Å². The van der Waals surface area contributed by atoms with Gasteiger partial charge in [0.2, 0.25) is 11.1 Å². The van der Waals surface area contributed by atoms with Crippen LogP contribution in [0.3, 0.4) is 0 Å². The Morgan fingerprint density at radius 2 is 1.89 bits per heavy atom. The molecule has 0 radical (unpaired) electrons. The van der Waals surface area contributed by atoms with E-state index in [-0.39, 0.29) is 5.69 Å². The largest absolute Gasteiger partial charge is 0.451 e. The maximum Gasteiger partial charge on any atom is 0.363 e. The second kappa shape index (κ2) is 10.6. The fourth-order valence-electron chi connectivity index (χ4n) is 2.56. The summed E-state index contributed by atoms with van der Waals surface area (Å²) >= 11 is 5.89. The Morgan fingerprint density at radius 3 is 2.57 bits per heavy atom. The number of nitrogens with one attached hydrogen (secondary N) is 1. The maximum atomic E-state index is 12.2. The van der Waals surface area contributed by atoms with Crippen molar-refractivity contribution < 1.29 is 14.3 Å². The summed E-state index contributed by atoms with van der Waals surface area (Å²) in [5, 5.41) is 7.34. The predicted molar refractivity (Wildman–Crippen MR) is 107 cm³/mol. The minimum Gasteiger partial charge on any atom is -0.451 e. The second-order valence-corrected chi connectivity index (χ2v) is 6.81. The number of ether oxygens (including phenoxy) is 1. The van der Waals surface area contributed by atoms with E-state index >= 15 is 0 Å². The summed E-state index contributed by atoms with van der Waals surface area (Å²) in [6, 6.07) is 8.09. The van der Waals surface area contributed by atoms with Gasteiger partial charge in [-0.15, -0.1) is 0 Å². The van der Waals surface area contributed by atoms with E-state index in [1.165, 1.54) is 10.7 Å². The van der Waals surface area contributed by atoms with Gasteiger partial charge in [0.25, 0.3) is 5.91 Å². The van der Waals surface area contributed by atoms with Crippen LogP contribution in [-0.4, -0.2) is 34.8 Å². The Morgan fingerprint density at radius 1 is 1.18 bits per heavy atom. The zero-order valence-electron chi connectivity index (χ0n) is 16.0. The summed E-state index contributed by atoms with van der Waals surface area (Å²) in [7, 11) is 0. The predicted octanol–water partition coefficient (Wildman–Crippen LogP) is 3.05. The van der Waals surface area contributed by atoms with Crippen LogP contribution in [0.5, 0.6) is 0 Å². The Hall–Kier alpha value is -2.67. The van der Waals surface area contributed by atoms with E-state index in [0.29, 0.717) is 22.9 Å². The zero-order chi connectivity index (χ0) is 20.5. The molecular formula is C20H24ClN3O4. The lowest BCUT2D eigenvalue weighted by molar-refractivity contribution is -0.124. The van der Waals surface area contributed by atoms with Gasteiger partial charge in [-0.05, 0) is 37.6 Å². The molecule has 1 heterocycles. The smallest absolute Gasteiger partial charge is 0.363 e. The van der Waals surface area contributed by atoms with Crippen molar-refractivity contribution in [3.05, 3.63) is 57.0 Å². The number of rotatable bonds is 9. The zero-order valence-corrected chi connectivity index (χ0v) is 16.8. The number of carbonyl (C=O) groups excluding carboxylic acids is 2. The van der Waals surface area contributed by atoms with Gasteiger partial charge >= 0.3 is 5.97 Å². The number of nitrogens with zero attached hydrogens (tertiary/aromatic N) is 2. The van der Waals surface area contributed by atoms with Crippen LogP contribution in [0.1, 0.15) is 48.8 Å². The number of carbonyl (C=O) groups is 2. The Balaban J connectivity index is 2.01. The third-order valence-corrected chi connectivity index (χ3v) is 4.31. The van der Waals surface area contributed by atoms with Crippen molar-refractivity contribution in [2.24, 2.45) is 0 Å². The summed E-state index contributed by atoms with van der Waals surface area (Å²) in [6.45, 7) is 3.88. The van der Waals surface area contributed by atoms with Crippen LogP contribution in [0.15, 0.2) is 35.1 Å². The molecular weight excluding hydrogens is 382 g/mol. The summed E-state index contributed by atoms with van der Waals surface area (Å²) in [5.41, 5.74) is 0.249. The topological polar surface area (TPSA) is 90.3 Å². The molecule has 8 heteroatoms. The number of aromatic nitrogens is 2. The molecule has 0 saturated carbocycles. The molecule has 2 aromatic rings. The van der Waals surface area contributed by atoms with E-state index < -0.39 is 23.9 Å². The SMILES string of the molecule is CCCCCCNC(=O)COC(=O)c1nn(-c2ccc(Cl)cc2)c(C)cc1=O. The highest BCUT2D eigenvalue weighted by Gasteiger charge is 2.18. The first-order valence-corrected chi connectivity index (χ1v) is 9.61. The van der Waals surface area contributed by atoms with Crippen LogP contribution in [-0.2, 0) is 9.53 Å². The van der Waals surface area contributed by atoms with Gasteiger partial charge in [0.1, 0.15) is 0 Å². The average Bonchev–Trinajstić information content (AvgIpc) is 2.67. The quantitative estimate of drug-likeness (QED) is 0.511. The number of benzene rings is 1. The molecule has 1 aromatic carbocycles. The van der Waals surface area contributed by atoms with Crippen molar-refractivity contribution in [1.82, 2.24) is 15.1 Å². The molecule has 0 fully saturated rings. The summed E-state index contributed by atoms with van der Waals surface area (Å²) in [5.74, 6) is -1.34. The summed E-state index contributed by atoms with van der Waals surface area (Å²) in [4.78, 5) is 36.1. The van der Waals surface area contributed by atoms with Crippen molar-refractivity contribution in [2.45, 2.75) is 39.5 Å². The Bertz CT molecular complexity index is 878. The summed E-state index contributed by atoms with van der Waals surface area (Å²) in [6.07, 6.45) is 4.14. The van der Waals surface area contributed by atoms with Crippen molar-refractivity contribution in [2.75, 3.05) is 13.2 Å². The molecule has 2 rings (SSSR count). The van der Waals surface area contributed by atoms with Gasteiger partial charge in [-0.3, -0.25) is 9.59 Å². The number of aryl methyl sites for hydroxylation is 1. The van der Waals surface area contributed by atoms with Crippen molar-refractivity contribution in [3.8, 4) is 5.69 Å². The van der Waals surface area contributed by atoms with Crippen molar-refractivity contribution in [1.29, 1.82) is 0 Å². The van der Waals surface area contributed by atoms with Crippen molar-refractivity contribution >= 4 is 23.5 Å². The molecule has 150 valence electrons. The van der Waals surface area contributed by atoms with Crippen LogP contribution in [0.25, 0.3) is 5.69 Å². The number of amides is 1. The lowest BCUT2D eigenvalue weighted by atomic mass is 10.2. The average molecular weight is 406 g/mol. The van der Waals surface area contributed by atoms with Crippen LogP contribution in [0.2, 0.25) is 5.02 Å². The minimum absolute atomic E-state index is 0.378. The normalized spacial score (nSPS) is 10.5. The molecule has 1 aromatic heterocycles. The number of hydrogen-bond acceptors (Lipinski definition) is 5. The van der Waals surface area contributed by atoms with E-state index in [4.69, 9.17) is 16.3 Å². The van der Waals surface area contributed by atoms with Gasteiger partial charge in [-0.25, -0.2) is 9.48 Å². The van der Waals surface area contributed by atoms with Gasteiger partial charge in [-0.1, -0.05) is 37.8 Å². The summed E-state index contributed by atoms with van der Waals surface area (Å²) < 4.78 is 6.40. The fourth-order valence-corrected chi connectivity index (χ4v) is 2.69. The Kier molecular flexibility index (Phi) is 8.19. The highest BCUT2D eigenvalue weighted by Crippen LogP contribution is 2.14. The van der Waals surface area contributed by atoms with Gasteiger partial charge < -0.3 is 10.1 Å². The second-order valence-electron chi connectivity index (χ2n) is 6.37. The lowest BCUT2D eigenvalue weighted by Crippen LogP contribution is -2.31. The first kappa shape index (κ1) is 21.6. The van der Waals surface area contributed by atoms with Gasteiger partial charge in [0.05, 0.1) is 5.69 Å². The molecule has 0 atom stereocenters. The molecule has 7 nitrogen and oxygen atoms in total. The van der Waals surface area contributed by atoms with Crippen LogP contribution >= 0.6 is 11.6 Å². The fraction of sp³-hybridized carbons (Fsp3) is 0.400. The molecule has 0 aliphatic rings. The van der Waals surface area contributed by atoms with Crippen molar-refractivity contribution in [3.63, 3.8) is 0 Å². The number of halogens is 1. The van der Waals surface area contributed by atoms with E-state index in [1.807, 2.05) is 0 Å². The van der Waals surface area contributed by atoms with E-state index in [2.05, 4.69) is 17.3 Å². The minimum atomic E-state index is -0.936. The molecule has 1 N–H and O–H groups in total. The first-order valence-electron chi connectivity index (χ1n) is 9.23. The van der Waals surface area contributed by atoms with Crippen LogP contribution in [0, 0.1) is 6.92 Å². The molecule has 0 spiro atoms. The molecule has 0 aliphatic heterocycles. The van der Waals surface area contributed by atoms with E-state index in [1.54, 1.807) is 31.2 Å². The first-order chi connectivity index (χ1) is 13.4. The molecule has 0 aliphatic carbocycles. The lowest BCUT2D eigenvalue weighted by Gasteiger charge is -2.11. The molecule has 0 bridgehead atoms. The monoisotopic (exact) mass is 405 g/mol.